The third-order valence-corrected chi connectivity index (χ3v) is 3.45. The van der Waals surface area contributed by atoms with E-state index in [9.17, 15) is 0 Å². The first-order valence-corrected chi connectivity index (χ1v) is 6.78. The molecule has 0 fully saturated rings. The van der Waals surface area contributed by atoms with Crippen LogP contribution in [0.4, 0.5) is 0 Å². The minimum absolute atomic E-state index is 0.599. The molecule has 0 saturated heterocycles. The molecule has 0 spiro atoms. The van der Waals surface area contributed by atoms with Crippen molar-refractivity contribution in [3.63, 3.8) is 0 Å². The van der Waals surface area contributed by atoms with Gasteiger partial charge in [0.05, 0.1) is 24.5 Å². The van der Waals surface area contributed by atoms with Gasteiger partial charge in [0, 0.05) is 12.1 Å². The summed E-state index contributed by atoms with van der Waals surface area (Å²) in [5.74, 6) is 1.02. The Morgan fingerprint density at radius 1 is 1.37 bits per heavy atom. The molecular formula is C15H19N3O. The molecule has 1 aliphatic heterocycles. The van der Waals surface area contributed by atoms with E-state index in [2.05, 4.69) is 29.4 Å². The Bertz CT molecular complexity index is 589. The van der Waals surface area contributed by atoms with Gasteiger partial charge in [-0.3, -0.25) is 4.68 Å². The van der Waals surface area contributed by atoms with Gasteiger partial charge in [0.15, 0.2) is 0 Å². The molecule has 0 radical (unpaired) electrons. The van der Waals surface area contributed by atoms with E-state index in [0.29, 0.717) is 6.54 Å². The monoisotopic (exact) mass is 257 g/mol. The first kappa shape index (κ1) is 12.2. The fourth-order valence-corrected chi connectivity index (χ4v) is 2.59. The minimum atomic E-state index is 0.599. The molecule has 2 heterocycles. The van der Waals surface area contributed by atoms with Gasteiger partial charge in [0.2, 0.25) is 0 Å². The third-order valence-electron chi connectivity index (χ3n) is 3.45. The van der Waals surface area contributed by atoms with Gasteiger partial charge in [-0.05, 0) is 49.6 Å². The van der Waals surface area contributed by atoms with Gasteiger partial charge in [-0.1, -0.05) is 0 Å². The highest BCUT2D eigenvalue weighted by Gasteiger charge is 2.13. The number of aromatic nitrogens is 2. The first-order valence-electron chi connectivity index (χ1n) is 6.78. The molecule has 19 heavy (non-hydrogen) atoms. The molecule has 0 amide bonds. The van der Waals surface area contributed by atoms with E-state index in [-0.39, 0.29) is 0 Å². The number of rotatable bonds is 3. The highest BCUT2D eigenvalue weighted by atomic mass is 16.5. The molecule has 2 N–H and O–H groups in total. The second-order valence-corrected chi connectivity index (χ2v) is 4.96. The fraction of sp³-hybridized carbons (Fsp3) is 0.400. The van der Waals surface area contributed by atoms with E-state index in [4.69, 9.17) is 10.5 Å². The molecule has 3 rings (SSSR count). The van der Waals surface area contributed by atoms with Gasteiger partial charge in [-0.15, -0.1) is 0 Å². The molecule has 4 heteroatoms. The summed E-state index contributed by atoms with van der Waals surface area (Å²) in [4.78, 5) is 0. The van der Waals surface area contributed by atoms with Crippen LogP contribution >= 0.6 is 0 Å². The lowest BCUT2D eigenvalue weighted by atomic mass is 10.0. The van der Waals surface area contributed by atoms with Crippen LogP contribution in [0.25, 0.3) is 11.3 Å². The van der Waals surface area contributed by atoms with Crippen LogP contribution in [0, 0.1) is 6.92 Å². The molecule has 0 bridgehead atoms. The highest BCUT2D eigenvalue weighted by molar-refractivity contribution is 5.63. The van der Waals surface area contributed by atoms with E-state index in [1.54, 1.807) is 0 Å². The molecular weight excluding hydrogens is 238 g/mol. The quantitative estimate of drug-likeness (QED) is 0.916. The van der Waals surface area contributed by atoms with Gasteiger partial charge < -0.3 is 10.5 Å². The van der Waals surface area contributed by atoms with Crippen molar-refractivity contribution in [3.05, 3.63) is 35.5 Å². The molecule has 0 saturated carbocycles. The number of aryl methyl sites for hydroxylation is 2. The Hall–Kier alpha value is -1.81. The van der Waals surface area contributed by atoms with Crippen LogP contribution < -0.4 is 10.5 Å². The second kappa shape index (κ2) is 5.05. The Morgan fingerprint density at radius 2 is 2.26 bits per heavy atom. The third kappa shape index (κ3) is 2.36. The van der Waals surface area contributed by atoms with Crippen LogP contribution in [-0.4, -0.2) is 22.9 Å². The maximum absolute atomic E-state index is 5.65. The topological polar surface area (TPSA) is 53.1 Å². The highest BCUT2D eigenvalue weighted by Crippen LogP contribution is 2.30. The van der Waals surface area contributed by atoms with Gasteiger partial charge >= 0.3 is 0 Å². The van der Waals surface area contributed by atoms with Crippen molar-refractivity contribution in [1.29, 1.82) is 0 Å². The summed E-state index contributed by atoms with van der Waals surface area (Å²) in [5, 5.41) is 4.49. The van der Waals surface area contributed by atoms with Crippen molar-refractivity contribution in [1.82, 2.24) is 9.78 Å². The molecule has 1 aromatic carbocycles. The number of nitrogens with zero attached hydrogens (tertiary/aromatic N) is 2. The van der Waals surface area contributed by atoms with Crippen molar-refractivity contribution in [2.24, 2.45) is 5.73 Å². The summed E-state index contributed by atoms with van der Waals surface area (Å²) in [6, 6.07) is 8.51. The van der Waals surface area contributed by atoms with E-state index >= 15 is 0 Å². The lowest BCUT2D eigenvalue weighted by Crippen LogP contribution is -2.12. The Balaban J connectivity index is 2.01. The van der Waals surface area contributed by atoms with Crippen molar-refractivity contribution < 1.29 is 4.74 Å². The fourth-order valence-electron chi connectivity index (χ4n) is 2.59. The van der Waals surface area contributed by atoms with E-state index < -0.39 is 0 Å². The second-order valence-electron chi connectivity index (χ2n) is 4.96. The average molecular weight is 257 g/mol. The van der Waals surface area contributed by atoms with Gasteiger partial charge in [0.1, 0.15) is 5.75 Å². The van der Waals surface area contributed by atoms with Crippen LogP contribution in [0.3, 0.4) is 0 Å². The Labute approximate surface area is 113 Å². The Kier molecular flexibility index (Phi) is 3.25. The maximum atomic E-state index is 5.65. The first-order chi connectivity index (χ1) is 9.28. The van der Waals surface area contributed by atoms with Gasteiger partial charge in [-0.2, -0.15) is 5.10 Å². The number of fused-ring (bicyclic) bond motifs is 1. The van der Waals surface area contributed by atoms with Crippen LogP contribution in [0.15, 0.2) is 24.3 Å². The summed E-state index contributed by atoms with van der Waals surface area (Å²) in [6.07, 6.45) is 2.19. The van der Waals surface area contributed by atoms with Gasteiger partial charge in [0.25, 0.3) is 0 Å². The molecule has 0 atom stereocenters. The van der Waals surface area contributed by atoms with Crippen LogP contribution in [0.2, 0.25) is 0 Å². The number of nitrogens with two attached hydrogens (primary N) is 1. The smallest absolute Gasteiger partial charge is 0.122 e. The van der Waals surface area contributed by atoms with Crippen molar-refractivity contribution in [2.45, 2.75) is 26.3 Å². The van der Waals surface area contributed by atoms with E-state index in [0.717, 1.165) is 43.1 Å². The lowest BCUT2D eigenvalue weighted by molar-refractivity contribution is 0.288. The minimum Gasteiger partial charge on any atom is -0.493 e. The summed E-state index contributed by atoms with van der Waals surface area (Å²) in [5.41, 5.74) is 10.3. The predicted octanol–water partition coefficient (Wildman–Crippen LogP) is 2.14. The normalized spacial score (nSPS) is 14.0. The maximum Gasteiger partial charge on any atom is 0.122 e. The molecule has 0 aliphatic carbocycles. The van der Waals surface area contributed by atoms with Crippen LogP contribution in [0.1, 0.15) is 17.7 Å². The van der Waals surface area contributed by atoms with Gasteiger partial charge in [-0.25, -0.2) is 0 Å². The summed E-state index contributed by atoms with van der Waals surface area (Å²) in [7, 11) is 0. The van der Waals surface area contributed by atoms with Crippen molar-refractivity contribution >= 4 is 0 Å². The SMILES string of the molecule is Cc1cc(-c2ccc3c(c2)CCCO3)n(CCN)n1. The number of hydrogen-bond acceptors (Lipinski definition) is 3. The molecule has 0 unspecified atom stereocenters. The molecule has 4 nitrogen and oxygen atoms in total. The lowest BCUT2D eigenvalue weighted by Gasteiger charge is -2.18. The zero-order valence-corrected chi connectivity index (χ0v) is 11.2. The average Bonchev–Trinajstić information content (AvgIpc) is 2.80. The zero-order chi connectivity index (χ0) is 13.2. The van der Waals surface area contributed by atoms with E-state index in [1.807, 2.05) is 11.6 Å². The molecule has 2 aromatic rings. The number of hydrogen-bond donors (Lipinski definition) is 1. The summed E-state index contributed by atoms with van der Waals surface area (Å²) >= 11 is 0. The Morgan fingerprint density at radius 3 is 3.11 bits per heavy atom. The molecule has 1 aromatic heterocycles. The van der Waals surface area contributed by atoms with E-state index in [1.165, 1.54) is 11.1 Å². The van der Waals surface area contributed by atoms with Crippen LogP contribution in [0.5, 0.6) is 5.75 Å². The number of benzene rings is 1. The molecule has 100 valence electrons. The van der Waals surface area contributed by atoms with Crippen LogP contribution in [-0.2, 0) is 13.0 Å². The standard InChI is InChI=1S/C15H19N3O/c1-11-9-14(18(17-11)7-6-16)12-4-5-15-13(10-12)3-2-8-19-15/h4-5,9-10H,2-3,6-8,16H2,1H3. The zero-order valence-electron chi connectivity index (χ0n) is 11.2. The predicted molar refractivity (Wildman–Crippen MR) is 75.3 cm³/mol. The molecule has 1 aliphatic rings. The van der Waals surface area contributed by atoms with Crippen molar-refractivity contribution in [3.8, 4) is 17.0 Å². The van der Waals surface area contributed by atoms with Crippen molar-refractivity contribution in [2.75, 3.05) is 13.2 Å². The summed E-state index contributed by atoms with van der Waals surface area (Å²) in [6.45, 7) is 4.19. The number of ether oxygens (including phenoxy) is 1. The summed E-state index contributed by atoms with van der Waals surface area (Å²) < 4.78 is 7.64. The largest absolute Gasteiger partial charge is 0.493 e.